The average molecular weight is 197 g/mol. The second kappa shape index (κ2) is 5.16. The highest BCUT2D eigenvalue weighted by Gasteiger charge is 2.27. The summed E-state index contributed by atoms with van der Waals surface area (Å²) in [5, 5.41) is 3.48. The van der Waals surface area contributed by atoms with Gasteiger partial charge < -0.3 is 5.32 Å². The Labute approximate surface area is 89.7 Å². The van der Waals surface area contributed by atoms with Crippen LogP contribution < -0.4 is 5.32 Å². The summed E-state index contributed by atoms with van der Waals surface area (Å²) in [6.45, 7) is 7.16. The van der Waals surface area contributed by atoms with Crippen molar-refractivity contribution in [2.75, 3.05) is 7.05 Å². The Morgan fingerprint density at radius 1 is 1.29 bits per heavy atom. The van der Waals surface area contributed by atoms with Gasteiger partial charge in [-0.25, -0.2) is 0 Å². The number of hydrogen-bond acceptors (Lipinski definition) is 1. The normalized spacial score (nSPS) is 29.6. The molecule has 0 amide bonds. The molecular formula is C13H27N. The van der Waals surface area contributed by atoms with Crippen LogP contribution in [0.1, 0.15) is 59.3 Å². The molecule has 0 bridgehead atoms. The molecule has 1 saturated carbocycles. The first kappa shape index (κ1) is 12.0. The van der Waals surface area contributed by atoms with E-state index in [0.717, 1.165) is 12.0 Å². The van der Waals surface area contributed by atoms with E-state index >= 15 is 0 Å². The zero-order valence-corrected chi connectivity index (χ0v) is 10.4. The van der Waals surface area contributed by atoms with Gasteiger partial charge in [0, 0.05) is 6.04 Å². The maximum atomic E-state index is 3.48. The minimum Gasteiger partial charge on any atom is -0.317 e. The first-order valence-electron chi connectivity index (χ1n) is 6.26. The summed E-state index contributed by atoms with van der Waals surface area (Å²) in [4.78, 5) is 0. The van der Waals surface area contributed by atoms with Crippen molar-refractivity contribution < 1.29 is 0 Å². The Kier molecular flexibility index (Phi) is 4.43. The maximum absolute atomic E-state index is 3.48. The standard InChI is InChI=1S/C13H27N/c1-5-12(14-4)11-7-6-9-13(2,3)10-8-11/h11-12,14H,5-10H2,1-4H3. The molecule has 14 heavy (non-hydrogen) atoms. The van der Waals surface area contributed by atoms with E-state index in [1.165, 1.54) is 38.5 Å². The van der Waals surface area contributed by atoms with Crippen molar-refractivity contribution in [3.63, 3.8) is 0 Å². The molecule has 0 radical (unpaired) electrons. The highest BCUT2D eigenvalue weighted by atomic mass is 14.9. The first-order valence-corrected chi connectivity index (χ1v) is 6.26. The molecule has 1 rings (SSSR count). The van der Waals surface area contributed by atoms with E-state index in [9.17, 15) is 0 Å². The molecule has 1 fully saturated rings. The second-order valence-corrected chi connectivity index (χ2v) is 5.66. The van der Waals surface area contributed by atoms with E-state index in [1.807, 2.05) is 0 Å². The second-order valence-electron chi connectivity index (χ2n) is 5.66. The molecule has 2 atom stereocenters. The SMILES string of the molecule is CCC(NC)C1CCCC(C)(C)CC1. The largest absolute Gasteiger partial charge is 0.317 e. The lowest BCUT2D eigenvalue weighted by atomic mass is 9.84. The molecule has 0 aromatic carbocycles. The summed E-state index contributed by atoms with van der Waals surface area (Å²) in [6.07, 6.45) is 8.39. The molecular weight excluding hydrogens is 170 g/mol. The van der Waals surface area contributed by atoms with E-state index in [2.05, 4.69) is 33.1 Å². The van der Waals surface area contributed by atoms with Crippen LogP contribution in [0.3, 0.4) is 0 Å². The van der Waals surface area contributed by atoms with E-state index in [1.54, 1.807) is 0 Å². The minimum absolute atomic E-state index is 0.598. The van der Waals surface area contributed by atoms with Crippen LogP contribution in [-0.4, -0.2) is 13.1 Å². The Morgan fingerprint density at radius 2 is 2.00 bits per heavy atom. The Balaban J connectivity index is 2.48. The Morgan fingerprint density at radius 3 is 2.57 bits per heavy atom. The van der Waals surface area contributed by atoms with Crippen LogP contribution in [-0.2, 0) is 0 Å². The third-order valence-electron chi connectivity index (χ3n) is 4.00. The molecule has 0 aliphatic heterocycles. The Hall–Kier alpha value is -0.0400. The van der Waals surface area contributed by atoms with Crippen LogP contribution in [0.15, 0.2) is 0 Å². The lowest BCUT2D eigenvalue weighted by Gasteiger charge is -2.26. The van der Waals surface area contributed by atoms with Crippen molar-refractivity contribution in [2.45, 2.75) is 65.3 Å². The number of rotatable bonds is 3. The number of hydrogen-bond donors (Lipinski definition) is 1. The van der Waals surface area contributed by atoms with Gasteiger partial charge in [0.25, 0.3) is 0 Å². The van der Waals surface area contributed by atoms with Gasteiger partial charge in [-0.1, -0.05) is 27.2 Å². The monoisotopic (exact) mass is 197 g/mol. The van der Waals surface area contributed by atoms with Crippen molar-refractivity contribution in [1.29, 1.82) is 0 Å². The van der Waals surface area contributed by atoms with Crippen LogP contribution in [0.5, 0.6) is 0 Å². The zero-order chi connectivity index (χ0) is 10.6. The third kappa shape index (κ3) is 3.27. The van der Waals surface area contributed by atoms with Crippen LogP contribution in [0.2, 0.25) is 0 Å². The summed E-state index contributed by atoms with van der Waals surface area (Å²) >= 11 is 0. The molecule has 1 aliphatic carbocycles. The van der Waals surface area contributed by atoms with Gasteiger partial charge in [0.05, 0.1) is 0 Å². The Bertz CT molecular complexity index is 159. The predicted octanol–water partition coefficient (Wildman–Crippen LogP) is 3.59. The van der Waals surface area contributed by atoms with Gasteiger partial charge >= 0.3 is 0 Å². The van der Waals surface area contributed by atoms with Gasteiger partial charge in [-0.3, -0.25) is 0 Å². The van der Waals surface area contributed by atoms with Gasteiger partial charge in [-0.05, 0) is 50.5 Å². The summed E-state index contributed by atoms with van der Waals surface area (Å²) in [6, 6.07) is 0.754. The zero-order valence-electron chi connectivity index (χ0n) is 10.4. The van der Waals surface area contributed by atoms with Crippen LogP contribution in [0, 0.1) is 11.3 Å². The van der Waals surface area contributed by atoms with E-state index in [0.29, 0.717) is 5.41 Å². The molecule has 1 heteroatoms. The fourth-order valence-electron chi connectivity index (χ4n) is 2.86. The van der Waals surface area contributed by atoms with Crippen LogP contribution in [0.25, 0.3) is 0 Å². The molecule has 0 aromatic rings. The minimum atomic E-state index is 0.598. The van der Waals surface area contributed by atoms with Crippen molar-refractivity contribution in [2.24, 2.45) is 11.3 Å². The van der Waals surface area contributed by atoms with Gasteiger partial charge in [0.2, 0.25) is 0 Å². The lowest BCUT2D eigenvalue weighted by molar-refractivity contribution is 0.288. The smallest absolute Gasteiger partial charge is 0.00897 e. The van der Waals surface area contributed by atoms with E-state index in [-0.39, 0.29) is 0 Å². The third-order valence-corrected chi connectivity index (χ3v) is 4.00. The van der Waals surface area contributed by atoms with Crippen molar-refractivity contribution in [3.05, 3.63) is 0 Å². The van der Waals surface area contributed by atoms with Crippen molar-refractivity contribution in [3.8, 4) is 0 Å². The van der Waals surface area contributed by atoms with Crippen LogP contribution >= 0.6 is 0 Å². The molecule has 1 N–H and O–H groups in total. The summed E-state index contributed by atoms with van der Waals surface area (Å²) in [5.41, 5.74) is 0.598. The molecule has 0 heterocycles. The summed E-state index contributed by atoms with van der Waals surface area (Å²) in [7, 11) is 2.12. The molecule has 1 aliphatic rings. The summed E-state index contributed by atoms with van der Waals surface area (Å²) in [5.74, 6) is 0.923. The highest BCUT2D eigenvalue weighted by Crippen LogP contribution is 2.37. The number of nitrogens with one attached hydrogen (secondary N) is 1. The summed E-state index contributed by atoms with van der Waals surface area (Å²) < 4.78 is 0. The van der Waals surface area contributed by atoms with Gasteiger partial charge in [0.15, 0.2) is 0 Å². The topological polar surface area (TPSA) is 12.0 Å². The van der Waals surface area contributed by atoms with Gasteiger partial charge in [0.1, 0.15) is 0 Å². The van der Waals surface area contributed by atoms with Gasteiger partial charge in [-0.15, -0.1) is 0 Å². The quantitative estimate of drug-likeness (QED) is 0.682. The van der Waals surface area contributed by atoms with Gasteiger partial charge in [-0.2, -0.15) is 0 Å². The van der Waals surface area contributed by atoms with Crippen molar-refractivity contribution >= 4 is 0 Å². The average Bonchev–Trinajstić information content (AvgIpc) is 2.30. The molecule has 84 valence electrons. The fourth-order valence-corrected chi connectivity index (χ4v) is 2.86. The molecule has 0 saturated heterocycles. The fraction of sp³-hybridized carbons (Fsp3) is 1.00. The predicted molar refractivity (Wildman–Crippen MR) is 63.5 cm³/mol. The molecule has 0 spiro atoms. The van der Waals surface area contributed by atoms with Crippen molar-refractivity contribution in [1.82, 2.24) is 5.32 Å². The van der Waals surface area contributed by atoms with E-state index < -0.39 is 0 Å². The molecule has 2 unspecified atom stereocenters. The maximum Gasteiger partial charge on any atom is 0.00897 e. The first-order chi connectivity index (χ1) is 6.59. The molecule has 0 aromatic heterocycles. The molecule has 1 nitrogen and oxygen atoms in total. The lowest BCUT2D eigenvalue weighted by Crippen LogP contribution is -2.32. The highest BCUT2D eigenvalue weighted by molar-refractivity contribution is 4.81. The van der Waals surface area contributed by atoms with E-state index in [4.69, 9.17) is 0 Å². The van der Waals surface area contributed by atoms with Crippen LogP contribution in [0.4, 0.5) is 0 Å².